The van der Waals surface area contributed by atoms with Crippen molar-refractivity contribution in [3.63, 3.8) is 0 Å². The monoisotopic (exact) mass is 422 g/mol. The second kappa shape index (κ2) is 7.86. The van der Waals surface area contributed by atoms with Gasteiger partial charge in [0, 0.05) is 6.54 Å². The van der Waals surface area contributed by atoms with Crippen LogP contribution in [0.3, 0.4) is 0 Å². The van der Waals surface area contributed by atoms with E-state index < -0.39 is 18.7 Å². The Kier molecular flexibility index (Phi) is 5.40. The van der Waals surface area contributed by atoms with E-state index in [2.05, 4.69) is 10.1 Å². The molecule has 4 atom stereocenters. The number of hydrogen-bond acceptors (Lipinski definition) is 4. The molecular weight excluding hydrogens is 401 g/mol. The van der Waals surface area contributed by atoms with Gasteiger partial charge in [0.1, 0.15) is 13.2 Å². The van der Waals surface area contributed by atoms with Crippen molar-refractivity contribution in [1.82, 2.24) is 10.2 Å². The average Bonchev–Trinajstić information content (AvgIpc) is 3.36. The fourth-order valence-corrected chi connectivity index (χ4v) is 4.56. The topological polar surface area (TPSA) is 75.7 Å². The average molecular weight is 422 g/mol. The molecule has 0 radical (unpaired) electrons. The number of imide groups is 1. The van der Waals surface area contributed by atoms with Crippen LogP contribution in [0.4, 0.5) is 13.2 Å². The van der Waals surface area contributed by atoms with E-state index in [1.807, 2.05) is 12.2 Å². The smallest absolute Gasteiger partial charge is 0.367 e. The van der Waals surface area contributed by atoms with E-state index in [-0.39, 0.29) is 55.2 Å². The molecule has 0 aromatic heterocycles. The van der Waals surface area contributed by atoms with Gasteiger partial charge in [-0.15, -0.1) is 0 Å². The molecule has 1 aromatic rings. The van der Waals surface area contributed by atoms with Crippen LogP contribution in [-0.4, -0.2) is 41.9 Å². The zero-order chi connectivity index (χ0) is 21.5. The Morgan fingerprint density at radius 1 is 1.03 bits per heavy atom. The standard InChI is InChI=1S/C21H21F3N2O4/c22-21(23,24)11-30-10-13-3-1-12(2-4-13)8-25-16(27)9-26-19(28)17-14-5-6-15(7-14)18(17)20(26)29/h1-6,14-15,17-18H,7-11H2,(H,25,27). The number of allylic oxidation sites excluding steroid dienone is 2. The first-order valence-electron chi connectivity index (χ1n) is 9.75. The summed E-state index contributed by atoms with van der Waals surface area (Å²) < 4.78 is 40.9. The summed E-state index contributed by atoms with van der Waals surface area (Å²) in [6.45, 7) is -1.59. The maximum Gasteiger partial charge on any atom is 0.411 e. The predicted molar refractivity (Wildman–Crippen MR) is 98.4 cm³/mol. The third-order valence-corrected chi connectivity index (χ3v) is 5.91. The lowest BCUT2D eigenvalue weighted by molar-refractivity contribution is -0.176. The largest absolute Gasteiger partial charge is 0.411 e. The molecule has 1 N–H and O–H groups in total. The molecule has 2 bridgehead atoms. The summed E-state index contributed by atoms with van der Waals surface area (Å²) in [6, 6.07) is 6.59. The van der Waals surface area contributed by atoms with Crippen LogP contribution in [0.5, 0.6) is 0 Å². The van der Waals surface area contributed by atoms with Gasteiger partial charge in [-0.2, -0.15) is 13.2 Å². The molecule has 30 heavy (non-hydrogen) atoms. The Bertz CT molecular complexity index is 851. The van der Waals surface area contributed by atoms with Crippen LogP contribution in [0.1, 0.15) is 17.5 Å². The third-order valence-electron chi connectivity index (χ3n) is 5.91. The van der Waals surface area contributed by atoms with E-state index >= 15 is 0 Å². The molecule has 6 nitrogen and oxygen atoms in total. The molecule has 1 heterocycles. The summed E-state index contributed by atoms with van der Waals surface area (Å²) in [5.74, 6) is -1.42. The molecule has 1 saturated carbocycles. The summed E-state index contributed by atoms with van der Waals surface area (Å²) in [5, 5.41) is 2.67. The molecule has 1 aliphatic heterocycles. The van der Waals surface area contributed by atoms with Crippen LogP contribution in [-0.2, 0) is 32.3 Å². The number of benzene rings is 1. The van der Waals surface area contributed by atoms with Crippen LogP contribution in [0.25, 0.3) is 0 Å². The SMILES string of the molecule is O=C(CN1C(=O)C2C3C=CC(C3)C2C1=O)NCc1ccc(COCC(F)(F)F)cc1. The zero-order valence-corrected chi connectivity index (χ0v) is 16.0. The number of amides is 3. The van der Waals surface area contributed by atoms with Gasteiger partial charge >= 0.3 is 6.18 Å². The van der Waals surface area contributed by atoms with Crippen LogP contribution >= 0.6 is 0 Å². The normalized spacial score (nSPS) is 27.1. The molecule has 1 aromatic carbocycles. The number of halogens is 3. The Morgan fingerprint density at radius 3 is 2.17 bits per heavy atom. The van der Waals surface area contributed by atoms with Crippen molar-refractivity contribution in [2.45, 2.75) is 25.7 Å². The Labute approximate surface area is 171 Å². The van der Waals surface area contributed by atoms with Crippen LogP contribution in [0.2, 0.25) is 0 Å². The minimum atomic E-state index is -4.36. The number of likely N-dealkylation sites (tertiary alicyclic amines) is 1. The molecule has 9 heteroatoms. The summed E-state index contributed by atoms with van der Waals surface area (Å²) in [6.07, 6.45) is 0.470. The van der Waals surface area contributed by atoms with Gasteiger partial charge in [0.2, 0.25) is 17.7 Å². The molecule has 4 rings (SSSR count). The van der Waals surface area contributed by atoms with Gasteiger partial charge in [-0.1, -0.05) is 36.4 Å². The van der Waals surface area contributed by atoms with E-state index in [9.17, 15) is 27.6 Å². The van der Waals surface area contributed by atoms with Crippen molar-refractivity contribution in [2.24, 2.45) is 23.7 Å². The van der Waals surface area contributed by atoms with Gasteiger partial charge in [-0.05, 0) is 29.4 Å². The zero-order valence-electron chi connectivity index (χ0n) is 16.0. The Balaban J connectivity index is 1.24. The summed E-state index contributed by atoms with van der Waals surface area (Å²) in [4.78, 5) is 38.5. The van der Waals surface area contributed by atoms with E-state index in [1.54, 1.807) is 24.3 Å². The first-order valence-corrected chi connectivity index (χ1v) is 9.75. The Hall–Kier alpha value is -2.68. The number of carbonyl (C=O) groups excluding carboxylic acids is 3. The van der Waals surface area contributed by atoms with Crippen molar-refractivity contribution >= 4 is 17.7 Å². The summed E-state index contributed by atoms with van der Waals surface area (Å²) >= 11 is 0. The van der Waals surface area contributed by atoms with Crippen LogP contribution in [0, 0.1) is 23.7 Å². The lowest BCUT2D eigenvalue weighted by atomic mass is 9.85. The maximum atomic E-state index is 12.6. The minimum absolute atomic E-state index is 0.100. The maximum absolute atomic E-state index is 12.6. The molecule has 2 aliphatic carbocycles. The van der Waals surface area contributed by atoms with E-state index in [0.29, 0.717) is 5.56 Å². The Morgan fingerprint density at radius 2 is 1.60 bits per heavy atom. The van der Waals surface area contributed by atoms with Gasteiger partial charge in [-0.3, -0.25) is 19.3 Å². The van der Waals surface area contributed by atoms with E-state index in [1.165, 1.54) is 0 Å². The highest BCUT2D eigenvalue weighted by Gasteiger charge is 2.59. The number of carbonyl (C=O) groups is 3. The fourth-order valence-electron chi connectivity index (χ4n) is 4.56. The molecule has 160 valence electrons. The quantitative estimate of drug-likeness (QED) is 0.540. The molecule has 3 aliphatic rings. The second-order valence-electron chi connectivity index (χ2n) is 7.96. The van der Waals surface area contributed by atoms with Crippen molar-refractivity contribution in [1.29, 1.82) is 0 Å². The van der Waals surface area contributed by atoms with Crippen molar-refractivity contribution < 1.29 is 32.3 Å². The number of ether oxygens (including phenoxy) is 1. The third kappa shape index (κ3) is 4.12. The van der Waals surface area contributed by atoms with Gasteiger partial charge < -0.3 is 10.1 Å². The molecule has 4 unspecified atom stereocenters. The fraction of sp³-hybridized carbons (Fsp3) is 0.476. The van der Waals surface area contributed by atoms with Crippen molar-refractivity contribution in [3.05, 3.63) is 47.5 Å². The first-order chi connectivity index (χ1) is 14.2. The number of hydrogen-bond donors (Lipinski definition) is 1. The van der Waals surface area contributed by atoms with Gasteiger partial charge in [-0.25, -0.2) is 0 Å². The number of fused-ring (bicyclic) bond motifs is 5. The molecule has 1 saturated heterocycles. The van der Waals surface area contributed by atoms with E-state index in [4.69, 9.17) is 0 Å². The van der Waals surface area contributed by atoms with Crippen molar-refractivity contribution in [3.8, 4) is 0 Å². The molecule has 3 amide bonds. The number of alkyl halides is 3. The van der Waals surface area contributed by atoms with Crippen LogP contribution < -0.4 is 5.32 Å². The lowest BCUT2D eigenvalue weighted by Gasteiger charge is -2.16. The second-order valence-corrected chi connectivity index (χ2v) is 7.96. The van der Waals surface area contributed by atoms with Gasteiger partial charge in [0.25, 0.3) is 0 Å². The molecule has 0 spiro atoms. The number of nitrogens with zero attached hydrogens (tertiary/aromatic N) is 1. The highest BCUT2D eigenvalue weighted by atomic mass is 19.4. The molecule has 2 fully saturated rings. The van der Waals surface area contributed by atoms with Gasteiger partial charge in [0.15, 0.2) is 0 Å². The summed E-state index contributed by atoms with van der Waals surface area (Å²) in [5.41, 5.74) is 1.32. The highest BCUT2D eigenvalue weighted by Crippen LogP contribution is 2.52. The number of rotatable bonds is 7. The highest BCUT2D eigenvalue weighted by molar-refractivity contribution is 6.08. The van der Waals surface area contributed by atoms with Gasteiger partial charge in [0.05, 0.1) is 18.4 Å². The minimum Gasteiger partial charge on any atom is -0.367 e. The molecular formula is C21H21F3N2O4. The number of nitrogens with one attached hydrogen (secondary N) is 1. The van der Waals surface area contributed by atoms with Crippen LogP contribution in [0.15, 0.2) is 36.4 Å². The lowest BCUT2D eigenvalue weighted by Crippen LogP contribution is -2.41. The summed E-state index contributed by atoms with van der Waals surface area (Å²) in [7, 11) is 0. The first kappa shape index (κ1) is 20.6. The van der Waals surface area contributed by atoms with E-state index in [0.717, 1.165) is 16.9 Å². The van der Waals surface area contributed by atoms with Crippen molar-refractivity contribution in [2.75, 3.05) is 13.2 Å². The predicted octanol–water partition coefficient (Wildman–Crippen LogP) is 2.19.